The second-order valence-electron chi connectivity index (χ2n) is 10.5. The number of aliphatic hydroxyl groups excluding tert-OH is 2. The van der Waals surface area contributed by atoms with Crippen LogP contribution in [0.3, 0.4) is 0 Å². The van der Waals surface area contributed by atoms with Crippen LogP contribution < -0.4 is 0 Å². The number of rotatable bonds is 2. The third-order valence-corrected chi connectivity index (χ3v) is 9.46. The molecule has 0 bridgehead atoms. The zero-order valence-corrected chi connectivity index (χ0v) is 16.0. The summed E-state index contributed by atoms with van der Waals surface area (Å²) in [6.07, 6.45) is 12.4. The first kappa shape index (κ1) is 17.3. The van der Waals surface area contributed by atoms with Gasteiger partial charge in [-0.05, 0) is 112 Å². The first-order chi connectivity index (χ1) is 11.3. The van der Waals surface area contributed by atoms with Crippen LogP contribution in [0.5, 0.6) is 0 Å². The van der Waals surface area contributed by atoms with Crippen molar-refractivity contribution in [3.8, 4) is 0 Å². The van der Waals surface area contributed by atoms with Crippen LogP contribution in [0.4, 0.5) is 0 Å². The molecule has 4 unspecified atom stereocenters. The summed E-state index contributed by atoms with van der Waals surface area (Å²) >= 11 is 0. The summed E-state index contributed by atoms with van der Waals surface area (Å²) in [5.74, 6) is 4.21. The molecule has 4 rings (SSSR count). The van der Waals surface area contributed by atoms with Crippen molar-refractivity contribution in [1.82, 2.24) is 0 Å². The molecule has 9 atom stereocenters. The molecule has 0 aromatic carbocycles. The molecule has 0 heterocycles. The maximum atomic E-state index is 10.1. The van der Waals surface area contributed by atoms with E-state index < -0.39 is 0 Å². The topological polar surface area (TPSA) is 40.5 Å². The Hall–Kier alpha value is -0.0800. The SMILES string of the molecule is C[C@H](O)C[C@H]1CCC2C3CCC4C[C@@H](O)CC[C@]4(C)C3CC[C@@]21C. The van der Waals surface area contributed by atoms with Crippen LogP contribution in [0, 0.1) is 40.4 Å². The number of aliphatic hydroxyl groups is 2. The molecular formula is C22H38O2. The highest BCUT2D eigenvalue weighted by atomic mass is 16.3. The molecule has 4 aliphatic rings. The first-order valence-corrected chi connectivity index (χ1v) is 10.7. The molecule has 2 heteroatoms. The van der Waals surface area contributed by atoms with Gasteiger partial charge in [0.25, 0.3) is 0 Å². The predicted molar refractivity (Wildman–Crippen MR) is 97.5 cm³/mol. The van der Waals surface area contributed by atoms with E-state index in [9.17, 15) is 10.2 Å². The van der Waals surface area contributed by atoms with E-state index in [4.69, 9.17) is 0 Å². The van der Waals surface area contributed by atoms with Gasteiger partial charge in [-0.3, -0.25) is 0 Å². The van der Waals surface area contributed by atoms with Crippen molar-refractivity contribution in [1.29, 1.82) is 0 Å². The van der Waals surface area contributed by atoms with Gasteiger partial charge in [-0.15, -0.1) is 0 Å². The van der Waals surface area contributed by atoms with Crippen molar-refractivity contribution in [2.24, 2.45) is 40.4 Å². The van der Waals surface area contributed by atoms with E-state index in [-0.39, 0.29) is 12.2 Å². The van der Waals surface area contributed by atoms with Crippen molar-refractivity contribution in [2.75, 3.05) is 0 Å². The third-order valence-electron chi connectivity index (χ3n) is 9.46. The molecule has 2 nitrogen and oxygen atoms in total. The molecule has 0 saturated heterocycles. The van der Waals surface area contributed by atoms with E-state index in [1.807, 2.05) is 6.92 Å². The van der Waals surface area contributed by atoms with Gasteiger partial charge in [0, 0.05) is 0 Å². The monoisotopic (exact) mass is 334 g/mol. The van der Waals surface area contributed by atoms with E-state index in [1.165, 1.54) is 44.9 Å². The lowest BCUT2D eigenvalue weighted by molar-refractivity contribution is -0.128. The normalized spacial score (nSPS) is 55.4. The highest BCUT2D eigenvalue weighted by Gasteiger charge is 2.59. The van der Waals surface area contributed by atoms with Crippen molar-refractivity contribution < 1.29 is 10.2 Å². The number of fused-ring (bicyclic) bond motifs is 5. The predicted octanol–water partition coefficient (Wildman–Crippen LogP) is 4.78. The third kappa shape index (κ3) is 2.50. The van der Waals surface area contributed by atoms with Gasteiger partial charge >= 0.3 is 0 Å². The molecule has 2 N–H and O–H groups in total. The Kier molecular flexibility index (Phi) is 4.32. The fourth-order valence-corrected chi connectivity index (χ4v) is 8.14. The molecule has 24 heavy (non-hydrogen) atoms. The summed E-state index contributed by atoms with van der Waals surface area (Å²) in [7, 11) is 0. The van der Waals surface area contributed by atoms with E-state index in [2.05, 4.69) is 13.8 Å². The molecule has 4 saturated carbocycles. The van der Waals surface area contributed by atoms with Gasteiger partial charge < -0.3 is 10.2 Å². The lowest BCUT2D eigenvalue weighted by Crippen LogP contribution is -2.54. The van der Waals surface area contributed by atoms with E-state index >= 15 is 0 Å². The Morgan fingerprint density at radius 1 is 0.917 bits per heavy atom. The quantitative estimate of drug-likeness (QED) is 0.763. The Labute approximate surface area is 148 Å². The minimum Gasteiger partial charge on any atom is -0.393 e. The second kappa shape index (κ2) is 5.98. The highest BCUT2D eigenvalue weighted by molar-refractivity contribution is 5.09. The van der Waals surface area contributed by atoms with E-state index in [0.717, 1.165) is 48.9 Å². The van der Waals surface area contributed by atoms with Crippen LogP contribution in [0.25, 0.3) is 0 Å². The smallest absolute Gasteiger partial charge is 0.0543 e. The van der Waals surface area contributed by atoms with Crippen molar-refractivity contribution in [3.63, 3.8) is 0 Å². The summed E-state index contributed by atoms with van der Waals surface area (Å²) in [6.45, 7) is 7.11. The van der Waals surface area contributed by atoms with Gasteiger partial charge in [-0.2, -0.15) is 0 Å². The highest BCUT2D eigenvalue weighted by Crippen LogP contribution is 2.67. The lowest BCUT2D eigenvalue weighted by atomic mass is 9.44. The van der Waals surface area contributed by atoms with Gasteiger partial charge in [0.15, 0.2) is 0 Å². The Balaban J connectivity index is 1.56. The molecule has 138 valence electrons. The Bertz CT molecular complexity index is 475. The molecule has 0 radical (unpaired) electrons. The van der Waals surface area contributed by atoms with Gasteiger partial charge in [0.2, 0.25) is 0 Å². The van der Waals surface area contributed by atoms with Crippen LogP contribution in [0.1, 0.15) is 85.0 Å². The van der Waals surface area contributed by atoms with Gasteiger partial charge in [0.1, 0.15) is 0 Å². The maximum Gasteiger partial charge on any atom is 0.0543 e. The zero-order valence-electron chi connectivity index (χ0n) is 16.0. The average molecular weight is 335 g/mol. The minimum atomic E-state index is -0.142. The van der Waals surface area contributed by atoms with Gasteiger partial charge in [-0.25, -0.2) is 0 Å². The standard InChI is InChI=1S/C22H38O2/c1-14(23)12-15-5-7-19-18-6-4-16-13-17(24)8-10-21(16,2)20(18)9-11-22(15,19)3/h14-20,23-24H,4-13H2,1-3H3/t14-,15+,16?,17-,18?,19?,20?,21-,22+/m0/s1. The van der Waals surface area contributed by atoms with Crippen LogP contribution >= 0.6 is 0 Å². The summed E-state index contributed by atoms with van der Waals surface area (Å²) < 4.78 is 0. The second-order valence-corrected chi connectivity index (χ2v) is 10.5. The van der Waals surface area contributed by atoms with Crippen LogP contribution in [-0.2, 0) is 0 Å². The molecule has 0 amide bonds. The van der Waals surface area contributed by atoms with Crippen molar-refractivity contribution >= 4 is 0 Å². The van der Waals surface area contributed by atoms with E-state index in [0.29, 0.717) is 10.8 Å². The fourth-order valence-electron chi connectivity index (χ4n) is 8.14. The summed E-state index contributed by atoms with van der Waals surface area (Å²) in [5, 5.41) is 20.1. The molecule has 0 aromatic rings. The maximum absolute atomic E-state index is 10.1. The summed E-state index contributed by atoms with van der Waals surface area (Å²) in [4.78, 5) is 0. The Morgan fingerprint density at radius 3 is 2.38 bits per heavy atom. The zero-order chi connectivity index (χ0) is 17.1. The van der Waals surface area contributed by atoms with Crippen molar-refractivity contribution in [3.05, 3.63) is 0 Å². The lowest BCUT2D eigenvalue weighted by Gasteiger charge is -2.61. The van der Waals surface area contributed by atoms with Crippen LogP contribution in [0.2, 0.25) is 0 Å². The average Bonchev–Trinajstić information content (AvgIpc) is 2.84. The summed E-state index contributed by atoms with van der Waals surface area (Å²) in [5.41, 5.74) is 0.974. The Morgan fingerprint density at radius 2 is 1.62 bits per heavy atom. The number of hydrogen-bond donors (Lipinski definition) is 2. The largest absolute Gasteiger partial charge is 0.393 e. The molecule has 0 aliphatic heterocycles. The fraction of sp³-hybridized carbons (Fsp3) is 1.00. The van der Waals surface area contributed by atoms with E-state index in [1.54, 1.807) is 0 Å². The molecule has 4 fully saturated rings. The van der Waals surface area contributed by atoms with Gasteiger partial charge in [-0.1, -0.05) is 13.8 Å². The first-order valence-electron chi connectivity index (χ1n) is 10.7. The summed E-state index contributed by atoms with van der Waals surface area (Å²) in [6, 6.07) is 0. The number of hydrogen-bond acceptors (Lipinski definition) is 2. The van der Waals surface area contributed by atoms with Crippen LogP contribution in [0.15, 0.2) is 0 Å². The van der Waals surface area contributed by atoms with Crippen molar-refractivity contribution in [2.45, 2.75) is 97.2 Å². The van der Waals surface area contributed by atoms with Gasteiger partial charge in [0.05, 0.1) is 12.2 Å². The van der Waals surface area contributed by atoms with Crippen LogP contribution in [-0.4, -0.2) is 22.4 Å². The molecule has 0 aromatic heterocycles. The minimum absolute atomic E-state index is 0.0321. The molecule has 0 spiro atoms. The molecular weight excluding hydrogens is 296 g/mol. The molecule has 4 aliphatic carbocycles.